The van der Waals surface area contributed by atoms with E-state index in [1.54, 1.807) is 12.3 Å². The maximum absolute atomic E-state index is 12.3. The van der Waals surface area contributed by atoms with E-state index < -0.39 is 0 Å². The van der Waals surface area contributed by atoms with E-state index in [1.807, 2.05) is 30.0 Å². The van der Waals surface area contributed by atoms with Gasteiger partial charge >= 0.3 is 0 Å². The number of piperazine rings is 1. The highest BCUT2D eigenvalue weighted by molar-refractivity contribution is 5.90. The van der Waals surface area contributed by atoms with Crippen molar-refractivity contribution in [3.8, 4) is 0 Å². The lowest BCUT2D eigenvalue weighted by molar-refractivity contribution is -0.136. The molecule has 1 atom stereocenters. The van der Waals surface area contributed by atoms with E-state index in [2.05, 4.69) is 10.3 Å². The first-order valence-electron chi connectivity index (χ1n) is 7.34. The van der Waals surface area contributed by atoms with Crippen molar-refractivity contribution >= 4 is 22.5 Å². The number of amides is 1. The number of nitrogens with zero attached hydrogens (tertiary/aromatic N) is 2. The van der Waals surface area contributed by atoms with E-state index in [0.29, 0.717) is 6.54 Å². The topological polar surface area (TPSA) is 71.2 Å². The Labute approximate surface area is 124 Å². The molecule has 0 aliphatic carbocycles. The van der Waals surface area contributed by atoms with Crippen LogP contribution in [0.4, 0.5) is 5.69 Å². The minimum atomic E-state index is -0.0482. The second-order valence-electron chi connectivity index (χ2n) is 5.43. The molecule has 5 nitrogen and oxygen atoms in total. The van der Waals surface area contributed by atoms with Gasteiger partial charge in [-0.3, -0.25) is 9.78 Å². The quantitative estimate of drug-likeness (QED) is 0.896. The second kappa shape index (κ2) is 5.69. The van der Waals surface area contributed by atoms with Gasteiger partial charge in [-0.2, -0.15) is 0 Å². The average molecular weight is 284 g/mol. The van der Waals surface area contributed by atoms with Gasteiger partial charge in [0.1, 0.15) is 0 Å². The number of nitrogen functional groups attached to an aromatic ring is 1. The summed E-state index contributed by atoms with van der Waals surface area (Å²) in [7, 11) is 0. The lowest BCUT2D eigenvalue weighted by Gasteiger charge is -2.32. The zero-order valence-corrected chi connectivity index (χ0v) is 12.2. The Bertz CT molecular complexity index is 670. The number of carbonyl (C=O) groups is 1. The monoisotopic (exact) mass is 284 g/mol. The molecular formula is C16H20N4O. The van der Waals surface area contributed by atoms with E-state index in [4.69, 9.17) is 5.73 Å². The molecule has 1 unspecified atom stereocenters. The number of nitrogens with two attached hydrogens (primary N) is 1. The first kappa shape index (κ1) is 13.8. The number of nitrogens with one attached hydrogen (secondary N) is 1. The van der Waals surface area contributed by atoms with Crippen LogP contribution in [0.15, 0.2) is 30.5 Å². The summed E-state index contributed by atoms with van der Waals surface area (Å²) in [6, 6.07) is 7.77. The predicted octanol–water partition coefficient (Wildman–Crippen LogP) is 1.53. The van der Waals surface area contributed by atoms with E-state index in [0.717, 1.165) is 41.7 Å². The van der Waals surface area contributed by atoms with Gasteiger partial charge in [-0.1, -0.05) is 19.1 Å². The molecule has 1 fully saturated rings. The number of carbonyl (C=O) groups excluding carboxylic acids is 1. The normalized spacial score (nSPS) is 19.2. The molecule has 1 amide bonds. The molecule has 3 N–H and O–H groups in total. The highest BCUT2D eigenvalue weighted by atomic mass is 16.2. The molecule has 0 bridgehead atoms. The van der Waals surface area contributed by atoms with Crippen LogP contribution in [0.3, 0.4) is 0 Å². The van der Waals surface area contributed by atoms with Crippen LogP contribution >= 0.6 is 0 Å². The van der Waals surface area contributed by atoms with Gasteiger partial charge in [-0.25, -0.2) is 0 Å². The summed E-state index contributed by atoms with van der Waals surface area (Å²) < 4.78 is 0. The van der Waals surface area contributed by atoms with Crippen LogP contribution in [0.2, 0.25) is 0 Å². The molecule has 2 heterocycles. The Morgan fingerprint density at radius 1 is 1.43 bits per heavy atom. The van der Waals surface area contributed by atoms with Gasteiger partial charge in [-0.15, -0.1) is 0 Å². The summed E-state index contributed by atoms with van der Waals surface area (Å²) in [5.74, 6) is 0.185. The number of aromatic nitrogens is 1. The van der Waals surface area contributed by atoms with E-state index in [9.17, 15) is 4.79 Å². The predicted molar refractivity (Wildman–Crippen MR) is 83.7 cm³/mol. The summed E-state index contributed by atoms with van der Waals surface area (Å²) in [5.41, 5.74) is 8.63. The number of anilines is 1. The van der Waals surface area contributed by atoms with Gasteiger partial charge in [-0.05, 0) is 24.1 Å². The summed E-state index contributed by atoms with van der Waals surface area (Å²) in [4.78, 5) is 18.6. The van der Waals surface area contributed by atoms with Gasteiger partial charge in [0.25, 0.3) is 0 Å². The minimum absolute atomic E-state index is 0.0482. The number of hydrogen-bond donors (Lipinski definition) is 2. The number of benzene rings is 1. The first-order chi connectivity index (χ1) is 10.2. The number of pyridine rings is 1. The Hall–Kier alpha value is -2.14. The van der Waals surface area contributed by atoms with Crippen molar-refractivity contribution in [3.05, 3.63) is 36.0 Å². The molecule has 0 radical (unpaired) electrons. The number of fused-ring (bicyclic) bond motifs is 1. The molecule has 110 valence electrons. The van der Waals surface area contributed by atoms with Crippen molar-refractivity contribution in [1.29, 1.82) is 0 Å². The second-order valence-corrected chi connectivity index (χ2v) is 5.43. The average Bonchev–Trinajstić information content (AvgIpc) is 2.49. The molecule has 0 spiro atoms. The van der Waals surface area contributed by atoms with Crippen molar-refractivity contribution in [3.63, 3.8) is 0 Å². The van der Waals surface area contributed by atoms with E-state index in [1.165, 1.54) is 0 Å². The summed E-state index contributed by atoms with van der Waals surface area (Å²) in [6.07, 6.45) is 2.54. The molecule has 5 heteroatoms. The standard InChI is InChI=1S/C16H20N4O/c1-2-14-16(21)20(8-7-19-14)10-11-3-4-12-13(17)5-6-18-15(12)9-11/h3-6,9,14,19H,2,7-8,10H2,1H3,(H2,17,18). The number of rotatable bonds is 3. The largest absolute Gasteiger partial charge is 0.398 e. The lowest BCUT2D eigenvalue weighted by atomic mass is 10.1. The fourth-order valence-electron chi connectivity index (χ4n) is 2.80. The van der Waals surface area contributed by atoms with Crippen LogP contribution in [0.5, 0.6) is 0 Å². The fourth-order valence-corrected chi connectivity index (χ4v) is 2.80. The molecule has 1 aromatic heterocycles. The third-order valence-corrected chi connectivity index (χ3v) is 4.00. The smallest absolute Gasteiger partial charge is 0.240 e. The van der Waals surface area contributed by atoms with Gasteiger partial charge in [0.05, 0.1) is 11.6 Å². The van der Waals surface area contributed by atoms with Crippen molar-refractivity contribution in [1.82, 2.24) is 15.2 Å². The molecule has 3 rings (SSSR count). The Kier molecular flexibility index (Phi) is 3.75. The van der Waals surface area contributed by atoms with Crippen LogP contribution < -0.4 is 11.1 Å². The van der Waals surface area contributed by atoms with Crippen molar-refractivity contribution in [2.75, 3.05) is 18.8 Å². The highest BCUT2D eigenvalue weighted by Gasteiger charge is 2.26. The van der Waals surface area contributed by atoms with Crippen LogP contribution in [0.1, 0.15) is 18.9 Å². The van der Waals surface area contributed by atoms with Crippen LogP contribution in [0, 0.1) is 0 Å². The zero-order valence-electron chi connectivity index (χ0n) is 12.2. The lowest BCUT2D eigenvalue weighted by Crippen LogP contribution is -2.54. The molecule has 1 aliphatic heterocycles. The number of hydrogen-bond acceptors (Lipinski definition) is 4. The van der Waals surface area contributed by atoms with Crippen molar-refractivity contribution < 1.29 is 4.79 Å². The third-order valence-electron chi connectivity index (χ3n) is 4.00. The Morgan fingerprint density at radius 2 is 2.29 bits per heavy atom. The maximum atomic E-state index is 12.3. The van der Waals surface area contributed by atoms with E-state index >= 15 is 0 Å². The maximum Gasteiger partial charge on any atom is 0.240 e. The van der Waals surface area contributed by atoms with Crippen molar-refractivity contribution in [2.24, 2.45) is 0 Å². The zero-order chi connectivity index (χ0) is 14.8. The van der Waals surface area contributed by atoms with Crippen LogP contribution in [0.25, 0.3) is 10.9 Å². The fraction of sp³-hybridized carbons (Fsp3) is 0.375. The molecule has 1 saturated heterocycles. The first-order valence-corrected chi connectivity index (χ1v) is 7.34. The van der Waals surface area contributed by atoms with E-state index in [-0.39, 0.29) is 11.9 Å². The third kappa shape index (κ3) is 2.69. The summed E-state index contributed by atoms with van der Waals surface area (Å²) in [5, 5.41) is 4.21. The molecule has 0 saturated carbocycles. The molecule has 21 heavy (non-hydrogen) atoms. The van der Waals surface area contributed by atoms with Gasteiger partial charge < -0.3 is 16.0 Å². The molecule has 1 aliphatic rings. The Morgan fingerprint density at radius 3 is 3.10 bits per heavy atom. The highest BCUT2D eigenvalue weighted by Crippen LogP contribution is 2.21. The summed E-state index contributed by atoms with van der Waals surface area (Å²) >= 11 is 0. The SMILES string of the molecule is CCC1NCCN(Cc2ccc3c(N)ccnc3c2)C1=O. The van der Waals surface area contributed by atoms with Gasteiger partial charge in [0, 0.05) is 36.9 Å². The molecule has 1 aromatic carbocycles. The molecule has 2 aromatic rings. The van der Waals surface area contributed by atoms with Crippen molar-refractivity contribution in [2.45, 2.75) is 25.9 Å². The Balaban J connectivity index is 1.83. The van der Waals surface area contributed by atoms with Gasteiger partial charge in [0.15, 0.2) is 0 Å². The van der Waals surface area contributed by atoms with Crippen LogP contribution in [-0.2, 0) is 11.3 Å². The molecular weight excluding hydrogens is 264 g/mol. The van der Waals surface area contributed by atoms with Gasteiger partial charge in [0.2, 0.25) is 5.91 Å². The van der Waals surface area contributed by atoms with Crippen LogP contribution in [-0.4, -0.2) is 34.9 Å². The minimum Gasteiger partial charge on any atom is -0.398 e. The summed E-state index contributed by atoms with van der Waals surface area (Å²) in [6.45, 7) is 4.26.